The summed E-state index contributed by atoms with van der Waals surface area (Å²) < 4.78 is 5.22. The molecule has 3 rings (SSSR count). The summed E-state index contributed by atoms with van der Waals surface area (Å²) in [5, 5.41) is 5.55. The van der Waals surface area contributed by atoms with Gasteiger partial charge in [-0.2, -0.15) is 0 Å². The minimum Gasteiger partial charge on any atom is -0.497 e. The second-order valence-electron chi connectivity index (χ2n) is 6.83. The lowest BCUT2D eigenvalue weighted by atomic mass is 10.0. The van der Waals surface area contributed by atoms with Crippen molar-refractivity contribution in [2.24, 2.45) is 0 Å². The number of rotatable bonds is 5. The van der Waals surface area contributed by atoms with Crippen molar-refractivity contribution in [3.63, 3.8) is 0 Å². The summed E-state index contributed by atoms with van der Waals surface area (Å²) in [5.41, 5.74) is 1.12. The predicted molar refractivity (Wildman–Crippen MR) is 95.5 cm³/mol. The number of methoxy groups -OCH3 is 1. The Morgan fingerprint density at radius 3 is 2.56 bits per heavy atom. The van der Waals surface area contributed by atoms with E-state index in [4.69, 9.17) is 4.74 Å². The van der Waals surface area contributed by atoms with E-state index in [1.807, 2.05) is 29.2 Å². The van der Waals surface area contributed by atoms with Gasteiger partial charge in [0.15, 0.2) is 0 Å². The fourth-order valence-electron chi connectivity index (χ4n) is 3.30. The maximum atomic E-state index is 12.7. The molecule has 1 aliphatic heterocycles. The minimum absolute atomic E-state index is 0.0198. The van der Waals surface area contributed by atoms with E-state index in [2.05, 4.69) is 10.6 Å². The van der Waals surface area contributed by atoms with Gasteiger partial charge in [0.25, 0.3) is 0 Å². The fraction of sp³-hybridized carbons (Fsp3) is 0.579. The normalized spacial score (nSPS) is 20.5. The number of hydrogen-bond acceptors (Lipinski definition) is 3. The summed E-state index contributed by atoms with van der Waals surface area (Å²) in [5.74, 6) is 0.794. The van der Waals surface area contributed by atoms with Crippen molar-refractivity contribution < 1.29 is 14.3 Å². The topological polar surface area (TPSA) is 70.7 Å². The molecule has 0 bridgehead atoms. The van der Waals surface area contributed by atoms with E-state index in [0.717, 1.165) is 56.4 Å². The van der Waals surface area contributed by atoms with Crippen LogP contribution in [-0.4, -0.2) is 43.1 Å². The molecule has 1 atom stereocenters. The SMILES string of the molecule is COc1ccc([C@H]2CCCCCN2C(=O)CNC(=O)NC2CC2)cc1. The highest BCUT2D eigenvalue weighted by Crippen LogP contribution is 2.31. The summed E-state index contributed by atoms with van der Waals surface area (Å²) in [4.78, 5) is 26.4. The molecule has 2 aliphatic rings. The summed E-state index contributed by atoms with van der Waals surface area (Å²) in [7, 11) is 1.65. The number of carbonyl (C=O) groups is 2. The van der Waals surface area contributed by atoms with E-state index < -0.39 is 0 Å². The Balaban J connectivity index is 1.63. The van der Waals surface area contributed by atoms with Crippen LogP contribution in [0.5, 0.6) is 5.75 Å². The molecule has 1 heterocycles. The molecule has 1 saturated heterocycles. The van der Waals surface area contributed by atoms with Gasteiger partial charge in [0, 0.05) is 12.6 Å². The molecule has 1 saturated carbocycles. The Hall–Kier alpha value is -2.24. The lowest BCUT2D eigenvalue weighted by Gasteiger charge is -2.30. The summed E-state index contributed by atoms with van der Waals surface area (Å²) >= 11 is 0. The summed E-state index contributed by atoms with van der Waals surface area (Å²) in [6.07, 6.45) is 6.27. The van der Waals surface area contributed by atoms with Crippen molar-refractivity contribution >= 4 is 11.9 Å². The Bertz CT molecular complexity index is 598. The molecule has 1 aromatic rings. The first-order valence-corrected chi connectivity index (χ1v) is 9.15. The smallest absolute Gasteiger partial charge is 0.315 e. The molecule has 2 fully saturated rings. The number of amides is 3. The lowest BCUT2D eigenvalue weighted by Crippen LogP contribution is -2.45. The second-order valence-corrected chi connectivity index (χ2v) is 6.83. The third kappa shape index (κ3) is 4.87. The largest absolute Gasteiger partial charge is 0.497 e. The number of carbonyl (C=O) groups excluding carboxylic acids is 2. The molecule has 0 aromatic heterocycles. The van der Waals surface area contributed by atoms with Gasteiger partial charge in [0.05, 0.1) is 19.7 Å². The van der Waals surface area contributed by atoms with Crippen LogP contribution in [0.2, 0.25) is 0 Å². The van der Waals surface area contributed by atoms with Crippen LogP contribution in [0.3, 0.4) is 0 Å². The Labute approximate surface area is 148 Å². The van der Waals surface area contributed by atoms with Gasteiger partial charge >= 0.3 is 6.03 Å². The highest BCUT2D eigenvalue weighted by molar-refractivity contribution is 5.84. The highest BCUT2D eigenvalue weighted by Gasteiger charge is 2.28. The summed E-state index contributed by atoms with van der Waals surface area (Å²) in [6.45, 7) is 0.784. The zero-order valence-electron chi connectivity index (χ0n) is 14.8. The van der Waals surface area contributed by atoms with Crippen LogP contribution in [0.1, 0.15) is 50.1 Å². The van der Waals surface area contributed by atoms with Crippen molar-refractivity contribution in [1.82, 2.24) is 15.5 Å². The number of nitrogens with one attached hydrogen (secondary N) is 2. The quantitative estimate of drug-likeness (QED) is 0.862. The van der Waals surface area contributed by atoms with Gasteiger partial charge in [-0.15, -0.1) is 0 Å². The van der Waals surface area contributed by atoms with Crippen molar-refractivity contribution in [2.75, 3.05) is 20.2 Å². The van der Waals surface area contributed by atoms with Crippen molar-refractivity contribution in [2.45, 2.75) is 50.6 Å². The summed E-state index contributed by atoms with van der Waals surface area (Å²) in [6, 6.07) is 8.04. The van der Waals surface area contributed by atoms with E-state index in [-0.39, 0.29) is 24.5 Å². The zero-order valence-corrected chi connectivity index (χ0v) is 14.8. The van der Waals surface area contributed by atoms with Crippen LogP contribution in [0.25, 0.3) is 0 Å². The number of likely N-dealkylation sites (tertiary alicyclic amines) is 1. The van der Waals surface area contributed by atoms with E-state index >= 15 is 0 Å². The van der Waals surface area contributed by atoms with Crippen molar-refractivity contribution in [3.8, 4) is 5.75 Å². The van der Waals surface area contributed by atoms with Crippen LogP contribution in [0.15, 0.2) is 24.3 Å². The molecule has 3 amide bonds. The molecular weight excluding hydrogens is 318 g/mol. The molecule has 0 spiro atoms. The molecule has 0 radical (unpaired) electrons. The molecule has 0 unspecified atom stereocenters. The molecule has 25 heavy (non-hydrogen) atoms. The number of nitrogens with zero attached hydrogens (tertiary/aromatic N) is 1. The van der Waals surface area contributed by atoms with Gasteiger partial charge in [-0.25, -0.2) is 4.79 Å². The van der Waals surface area contributed by atoms with E-state index in [9.17, 15) is 9.59 Å². The average molecular weight is 345 g/mol. The Kier molecular flexibility index (Phi) is 5.79. The molecule has 1 aliphatic carbocycles. The Morgan fingerprint density at radius 1 is 1.12 bits per heavy atom. The maximum absolute atomic E-state index is 12.7. The van der Waals surface area contributed by atoms with E-state index in [1.165, 1.54) is 0 Å². The second kappa shape index (κ2) is 8.23. The molecule has 1 aromatic carbocycles. The Morgan fingerprint density at radius 2 is 1.88 bits per heavy atom. The van der Waals surface area contributed by atoms with Gasteiger partial charge in [-0.1, -0.05) is 25.0 Å². The molecule has 6 heteroatoms. The number of hydrogen-bond donors (Lipinski definition) is 2. The molecular formula is C19H27N3O3. The first-order chi connectivity index (χ1) is 12.2. The molecule has 6 nitrogen and oxygen atoms in total. The lowest BCUT2D eigenvalue weighted by molar-refractivity contribution is -0.132. The fourth-order valence-corrected chi connectivity index (χ4v) is 3.30. The number of ether oxygens (including phenoxy) is 1. The van der Waals surface area contributed by atoms with Gasteiger partial charge < -0.3 is 20.3 Å². The third-order valence-electron chi connectivity index (χ3n) is 4.89. The minimum atomic E-state index is -0.244. The molecule has 2 N–H and O–H groups in total. The van der Waals surface area contributed by atoms with Gasteiger partial charge in [0.1, 0.15) is 5.75 Å². The third-order valence-corrected chi connectivity index (χ3v) is 4.89. The van der Waals surface area contributed by atoms with Crippen molar-refractivity contribution in [3.05, 3.63) is 29.8 Å². The van der Waals surface area contributed by atoms with Crippen LogP contribution < -0.4 is 15.4 Å². The van der Waals surface area contributed by atoms with Gasteiger partial charge in [-0.3, -0.25) is 4.79 Å². The maximum Gasteiger partial charge on any atom is 0.315 e. The first-order valence-electron chi connectivity index (χ1n) is 9.15. The monoisotopic (exact) mass is 345 g/mol. The highest BCUT2D eigenvalue weighted by atomic mass is 16.5. The van der Waals surface area contributed by atoms with Gasteiger partial charge in [0.2, 0.25) is 5.91 Å². The van der Waals surface area contributed by atoms with E-state index in [1.54, 1.807) is 7.11 Å². The number of urea groups is 1. The average Bonchev–Trinajstić information content (AvgIpc) is 3.46. The van der Waals surface area contributed by atoms with Crippen LogP contribution in [-0.2, 0) is 4.79 Å². The van der Waals surface area contributed by atoms with E-state index in [0.29, 0.717) is 6.04 Å². The zero-order chi connectivity index (χ0) is 17.6. The first kappa shape index (κ1) is 17.6. The molecule has 136 valence electrons. The van der Waals surface area contributed by atoms with Gasteiger partial charge in [-0.05, 0) is 43.4 Å². The van der Waals surface area contributed by atoms with Crippen LogP contribution in [0, 0.1) is 0 Å². The standard InChI is InChI=1S/C19H27N3O3/c1-25-16-10-6-14(7-11-16)17-5-3-2-4-12-22(17)18(23)13-20-19(24)21-15-8-9-15/h6-7,10-11,15,17H,2-5,8-9,12-13H2,1H3,(H2,20,21,24)/t17-/m1/s1. The van der Waals surface area contributed by atoms with Crippen LogP contribution >= 0.6 is 0 Å². The number of benzene rings is 1. The van der Waals surface area contributed by atoms with Crippen LogP contribution in [0.4, 0.5) is 4.79 Å². The predicted octanol–water partition coefficient (Wildman–Crippen LogP) is 2.60. The van der Waals surface area contributed by atoms with Crippen molar-refractivity contribution in [1.29, 1.82) is 0 Å².